The van der Waals surface area contributed by atoms with Crippen LogP contribution in [0.15, 0.2) is 72.2 Å². The average Bonchev–Trinajstić information content (AvgIpc) is 2.67. The minimum absolute atomic E-state index is 0.138. The van der Waals surface area contributed by atoms with E-state index in [1.165, 1.54) is 0 Å². The van der Waals surface area contributed by atoms with Gasteiger partial charge in [0.05, 0.1) is 0 Å². The van der Waals surface area contributed by atoms with Crippen molar-refractivity contribution in [3.05, 3.63) is 72.2 Å². The Kier molecular flexibility index (Phi) is 7.68. The summed E-state index contributed by atoms with van der Waals surface area (Å²) in [5, 5.41) is 4.41. The molecule has 0 aliphatic carbocycles. The van der Waals surface area contributed by atoms with Crippen LogP contribution in [0.25, 0.3) is 0 Å². The van der Waals surface area contributed by atoms with Gasteiger partial charge < -0.3 is 9.47 Å². The number of rotatable bonds is 10. The zero-order valence-electron chi connectivity index (χ0n) is 13.0. The van der Waals surface area contributed by atoms with Gasteiger partial charge in [-0.2, -0.15) is 9.78 Å². The van der Waals surface area contributed by atoms with Crippen LogP contribution in [-0.4, -0.2) is 25.1 Å². The SMILES string of the molecule is O=C=C(COOOCC(=C=O)Oc1ccccc1)Oc1ccccc1. The molecule has 0 N–H and O–H groups in total. The van der Waals surface area contributed by atoms with Crippen LogP contribution in [-0.2, 0) is 24.4 Å². The maximum absolute atomic E-state index is 10.8. The molecule has 7 heteroatoms. The van der Waals surface area contributed by atoms with Crippen molar-refractivity contribution in [1.82, 2.24) is 0 Å². The predicted octanol–water partition coefficient (Wildman–Crippen LogP) is 2.46. The molecule has 0 unspecified atom stereocenters. The van der Waals surface area contributed by atoms with Crippen LogP contribution in [0.1, 0.15) is 0 Å². The van der Waals surface area contributed by atoms with E-state index in [2.05, 4.69) is 14.8 Å². The molecule has 128 valence electrons. The summed E-state index contributed by atoms with van der Waals surface area (Å²) >= 11 is 0. The highest BCUT2D eigenvalue weighted by molar-refractivity contribution is 5.51. The van der Waals surface area contributed by atoms with E-state index in [0.717, 1.165) is 0 Å². The first kappa shape index (κ1) is 18.2. The molecule has 2 rings (SSSR count). The summed E-state index contributed by atoms with van der Waals surface area (Å²) in [6, 6.07) is 17.3. The van der Waals surface area contributed by atoms with Crippen LogP contribution in [0.3, 0.4) is 0 Å². The van der Waals surface area contributed by atoms with Crippen LogP contribution < -0.4 is 9.47 Å². The Morgan fingerprint density at radius 2 is 1.08 bits per heavy atom. The average molecular weight is 342 g/mol. The summed E-state index contributed by atoms with van der Waals surface area (Å²) in [7, 11) is 0. The quantitative estimate of drug-likeness (QED) is 0.216. The van der Waals surface area contributed by atoms with E-state index in [9.17, 15) is 9.59 Å². The van der Waals surface area contributed by atoms with Crippen LogP contribution in [0.2, 0.25) is 0 Å². The molecule has 0 bridgehead atoms. The standard InChI is InChI=1S/C18H14O7/c19-11-17(23-15-7-3-1-4-8-15)13-21-25-22-14-18(12-20)24-16-9-5-2-6-10-16/h1-10H,13-14H2. The van der Waals surface area contributed by atoms with Gasteiger partial charge in [-0.1, -0.05) is 41.4 Å². The van der Waals surface area contributed by atoms with Gasteiger partial charge in [0.1, 0.15) is 11.5 Å². The molecule has 0 radical (unpaired) electrons. The third kappa shape index (κ3) is 6.85. The Morgan fingerprint density at radius 1 is 0.680 bits per heavy atom. The molecule has 2 aromatic carbocycles. The van der Waals surface area contributed by atoms with Gasteiger partial charge in [-0.3, -0.25) is 0 Å². The molecule has 0 aliphatic heterocycles. The van der Waals surface area contributed by atoms with Crippen molar-refractivity contribution in [2.24, 2.45) is 0 Å². The third-order valence-electron chi connectivity index (χ3n) is 2.67. The largest absolute Gasteiger partial charge is 0.447 e. The number of carbonyl (C=O) groups excluding carboxylic acids is 2. The van der Waals surface area contributed by atoms with E-state index in [1.54, 1.807) is 72.5 Å². The van der Waals surface area contributed by atoms with Crippen molar-refractivity contribution < 1.29 is 33.9 Å². The topological polar surface area (TPSA) is 80.3 Å². The first-order valence-corrected chi connectivity index (χ1v) is 7.16. The third-order valence-corrected chi connectivity index (χ3v) is 2.67. The Bertz CT molecular complexity index is 680. The molecule has 0 amide bonds. The number of hydrogen-bond acceptors (Lipinski definition) is 7. The smallest absolute Gasteiger partial charge is 0.216 e. The molecular formula is C18H14O7. The maximum Gasteiger partial charge on any atom is 0.216 e. The normalized spacial score (nSPS) is 9.60. The Morgan fingerprint density at radius 3 is 1.44 bits per heavy atom. The lowest BCUT2D eigenvalue weighted by molar-refractivity contribution is -0.508. The fourth-order valence-corrected chi connectivity index (χ4v) is 1.61. The summed E-state index contributed by atoms with van der Waals surface area (Å²) in [4.78, 5) is 30.9. The lowest BCUT2D eigenvalue weighted by atomic mass is 10.3. The number of ether oxygens (including phenoxy) is 2. The molecule has 0 atom stereocenters. The summed E-state index contributed by atoms with van der Waals surface area (Å²) in [5.74, 6) is 3.80. The summed E-state index contributed by atoms with van der Waals surface area (Å²) < 4.78 is 10.5. The highest BCUT2D eigenvalue weighted by atomic mass is 17.5. The summed E-state index contributed by atoms with van der Waals surface area (Å²) in [6.45, 7) is -0.670. The Balaban J connectivity index is 1.68. The highest BCUT2D eigenvalue weighted by Gasteiger charge is 2.06. The molecule has 0 spiro atoms. The number of hydrogen-bond donors (Lipinski definition) is 0. The fourth-order valence-electron chi connectivity index (χ4n) is 1.61. The fraction of sp³-hybridized carbons (Fsp3) is 0.111. The Hall–Kier alpha value is -3.18. The summed E-state index contributed by atoms with van der Waals surface area (Å²) in [5.41, 5.74) is 0. The van der Waals surface area contributed by atoms with Crippen molar-refractivity contribution in [2.45, 2.75) is 0 Å². The zero-order chi connectivity index (χ0) is 17.7. The monoisotopic (exact) mass is 342 g/mol. The minimum Gasteiger partial charge on any atom is -0.447 e. The van der Waals surface area contributed by atoms with Gasteiger partial charge in [0.15, 0.2) is 25.1 Å². The second kappa shape index (κ2) is 10.6. The van der Waals surface area contributed by atoms with Crippen LogP contribution in [0.4, 0.5) is 0 Å². The second-order valence-electron chi connectivity index (χ2n) is 4.47. The predicted molar refractivity (Wildman–Crippen MR) is 85.5 cm³/mol. The lowest BCUT2D eigenvalue weighted by Gasteiger charge is -2.07. The molecule has 0 heterocycles. The van der Waals surface area contributed by atoms with Gasteiger partial charge in [-0.15, -0.1) is 0 Å². The second-order valence-corrected chi connectivity index (χ2v) is 4.47. The minimum atomic E-state index is -0.335. The molecule has 7 nitrogen and oxygen atoms in total. The number of para-hydroxylation sites is 2. The van der Waals surface area contributed by atoms with Crippen molar-refractivity contribution in [1.29, 1.82) is 0 Å². The van der Waals surface area contributed by atoms with Gasteiger partial charge in [-0.25, -0.2) is 9.59 Å². The van der Waals surface area contributed by atoms with Crippen molar-refractivity contribution >= 4 is 11.9 Å². The number of benzene rings is 2. The van der Waals surface area contributed by atoms with Gasteiger partial charge >= 0.3 is 0 Å². The molecular weight excluding hydrogens is 328 g/mol. The van der Waals surface area contributed by atoms with Crippen LogP contribution in [0, 0.1) is 0 Å². The zero-order valence-corrected chi connectivity index (χ0v) is 13.0. The van der Waals surface area contributed by atoms with Crippen molar-refractivity contribution in [3.8, 4) is 11.5 Å². The highest BCUT2D eigenvalue weighted by Crippen LogP contribution is 2.13. The summed E-state index contributed by atoms with van der Waals surface area (Å²) in [6.07, 6.45) is 0. The van der Waals surface area contributed by atoms with E-state index < -0.39 is 0 Å². The molecule has 0 aromatic heterocycles. The molecule has 0 aliphatic rings. The lowest BCUT2D eigenvalue weighted by Crippen LogP contribution is -2.10. The van der Waals surface area contributed by atoms with Gasteiger partial charge in [0.2, 0.25) is 11.5 Å². The van der Waals surface area contributed by atoms with Crippen molar-refractivity contribution in [2.75, 3.05) is 13.2 Å². The molecule has 2 aromatic rings. The molecule has 0 saturated heterocycles. The van der Waals surface area contributed by atoms with Crippen LogP contribution in [0.5, 0.6) is 11.5 Å². The van der Waals surface area contributed by atoms with Gasteiger partial charge in [-0.05, 0) is 24.3 Å². The van der Waals surface area contributed by atoms with E-state index >= 15 is 0 Å². The van der Waals surface area contributed by atoms with E-state index in [4.69, 9.17) is 9.47 Å². The van der Waals surface area contributed by atoms with Crippen LogP contribution >= 0.6 is 0 Å². The van der Waals surface area contributed by atoms with Crippen molar-refractivity contribution in [3.63, 3.8) is 0 Å². The van der Waals surface area contributed by atoms with E-state index in [1.807, 2.05) is 0 Å². The van der Waals surface area contributed by atoms with E-state index in [-0.39, 0.29) is 24.7 Å². The van der Waals surface area contributed by atoms with E-state index in [0.29, 0.717) is 11.5 Å². The van der Waals surface area contributed by atoms with Gasteiger partial charge in [0, 0.05) is 0 Å². The maximum atomic E-state index is 10.8. The first-order valence-electron chi connectivity index (χ1n) is 7.16. The molecule has 0 saturated carbocycles. The van der Waals surface area contributed by atoms with Gasteiger partial charge in [0.25, 0.3) is 0 Å². The molecule has 0 fully saturated rings. The molecule has 25 heavy (non-hydrogen) atoms. The first-order chi connectivity index (χ1) is 12.3. The Labute approximate surface area is 143 Å².